The van der Waals surface area contributed by atoms with E-state index in [1.807, 2.05) is 17.7 Å². The van der Waals surface area contributed by atoms with E-state index in [2.05, 4.69) is 36.2 Å². The lowest BCUT2D eigenvalue weighted by Gasteiger charge is -2.07. The van der Waals surface area contributed by atoms with Crippen molar-refractivity contribution in [2.24, 2.45) is 10.1 Å². The molecule has 24 heavy (non-hydrogen) atoms. The second-order valence-corrected chi connectivity index (χ2v) is 7.27. The smallest absolute Gasteiger partial charge is 0.206 e. The minimum Gasteiger partial charge on any atom is -0.253 e. The number of nitrogens with zero attached hydrogens (tertiary/aromatic N) is 3. The highest BCUT2D eigenvalue weighted by Gasteiger charge is 2.10. The molecule has 0 bridgehead atoms. The molecule has 1 aliphatic rings. The van der Waals surface area contributed by atoms with Crippen LogP contribution in [0.2, 0.25) is 0 Å². The van der Waals surface area contributed by atoms with Crippen molar-refractivity contribution in [3.8, 4) is 11.3 Å². The Morgan fingerprint density at radius 2 is 1.83 bits per heavy atom. The molecule has 0 saturated heterocycles. The molecule has 3 nitrogen and oxygen atoms in total. The molecule has 1 heterocycles. The summed E-state index contributed by atoms with van der Waals surface area (Å²) < 4.78 is 2.05. The third-order valence-corrected chi connectivity index (χ3v) is 5.02. The van der Waals surface area contributed by atoms with Gasteiger partial charge in [0.1, 0.15) is 0 Å². The van der Waals surface area contributed by atoms with Gasteiger partial charge in [-0.3, -0.25) is 4.99 Å². The predicted octanol–water partition coefficient (Wildman–Crippen LogP) is 5.25. The fraction of sp³-hybridized carbons (Fsp3) is 0.400. The summed E-state index contributed by atoms with van der Waals surface area (Å²) in [6.45, 7) is 6.62. The quantitative estimate of drug-likeness (QED) is 0.538. The molecular weight excluding hydrogens is 314 g/mol. The normalized spacial score (nSPS) is 16.0. The van der Waals surface area contributed by atoms with E-state index in [4.69, 9.17) is 10.1 Å². The topological polar surface area (TPSA) is 29.6 Å². The van der Waals surface area contributed by atoms with Gasteiger partial charge in [0.05, 0.1) is 12.2 Å². The first-order valence-corrected chi connectivity index (χ1v) is 9.59. The van der Waals surface area contributed by atoms with Crippen LogP contribution in [0, 0.1) is 0 Å². The summed E-state index contributed by atoms with van der Waals surface area (Å²) in [5.74, 6) is 0. The van der Waals surface area contributed by atoms with Crippen LogP contribution in [0.3, 0.4) is 0 Å². The zero-order valence-electron chi connectivity index (χ0n) is 14.4. The van der Waals surface area contributed by atoms with Gasteiger partial charge in [-0.25, -0.2) is 4.68 Å². The standard InChI is InChI=1S/C20H25N3S/c1-16(2)14-21-20-23(22-18-12-8-3-4-9-13-18)19(15-24-20)17-10-6-5-7-11-17/h5-7,10-11,15H,1,3-4,8-9,12-14H2,2H3. The van der Waals surface area contributed by atoms with E-state index < -0.39 is 0 Å². The fourth-order valence-electron chi connectivity index (χ4n) is 2.89. The average Bonchev–Trinajstić information content (AvgIpc) is 2.80. The van der Waals surface area contributed by atoms with Crippen molar-refractivity contribution in [1.29, 1.82) is 0 Å². The van der Waals surface area contributed by atoms with Crippen LogP contribution in [0.25, 0.3) is 11.3 Å². The van der Waals surface area contributed by atoms with E-state index in [1.165, 1.54) is 37.0 Å². The van der Waals surface area contributed by atoms with Crippen molar-refractivity contribution < 1.29 is 0 Å². The van der Waals surface area contributed by atoms with Crippen LogP contribution in [0.5, 0.6) is 0 Å². The molecule has 3 rings (SSSR count). The van der Waals surface area contributed by atoms with Crippen LogP contribution in [0.1, 0.15) is 45.4 Å². The van der Waals surface area contributed by atoms with E-state index in [1.54, 1.807) is 11.3 Å². The molecule has 1 fully saturated rings. The summed E-state index contributed by atoms with van der Waals surface area (Å²) >= 11 is 1.65. The SMILES string of the molecule is C=C(C)CN=c1scc(-c2ccccc2)n1N=C1CCCCCC1. The van der Waals surface area contributed by atoms with E-state index in [9.17, 15) is 0 Å². The molecule has 0 unspecified atom stereocenters. The summed E-state index contributed by atoms with van der Waals surface area (Å²) in [6, 6.07) is 10.5. The van der Waals surface area contributed by atoms with Gasteiger partial charge in [-0.1, -0.05) is 55.3 Å². The summed E-state index contributed by atoms with van der Waals surface area (Å²) in [7, 11) is 0. The zero-order chi connectivity index (χ0) is 16.8. The van der Waals surface area contributed by atoms with Gasteiger partial charge in [0, 0.05) is 16.7 Å². The van der Waals surface area contributed by atoms with Gasteiger partial charge < -0.3 is 0 Å². The highest BCUT2D eigenvalue weighted by molar-refractivity contribution is 7.07. The van der Waals surface area contributed by atoms with Crippen LogP contribution in [-0.2, 0) is 0 Å². The molecule has 126 valence electrons. The van der Waals surface area contributed by atoms with E-state index in [0.29, 0.717) is 6.54 Å². The number of aromatic nitrogens is 1. The molecule has 1 aromatic carbocycles. The molecule has 0 aliphatic heterocycles. The zero-order valence-corrected chi connectivity index (χ0v) is 15.2. The maximum absolute atomic E-state index is 5.01. The lowest BCUT2D eigenvalue weighted by Crippen LogP contribution is -2.15. The maximum Gasteiger partial charge on any atom is 0.206 e. The molecule has 0 radical (unpaired) electrons. The maximum atomic E-state index is 5.01. The third kappa shape index (κ3) is 4.32. The Morgan fingerprint density at radius 3 is 2.50 bits per heavy atom. The second-order valence-electron chi connectivity index (χ2n) is 6.44. The van der Waals surface area contributed by atoms with Gasteiger partial charge in [-0.2, -0.15) is 5.10 Å². The Balaban J connectivity index is 2.05. The molecular formula is C20H25N3S. The van der Waals surface area contributed by atoms with Gasteiger partial charge in [-0.05, 0) is 32.6 Å². The summed E-state index contributed by atoms with van der Waals surface area (Å²) in [5, 5.41) is 7.17. The molecule has 2 aromatic rings. The molecule has 0 atom stereocenters. The molecule has 1 aliphatic carbocycles. The van der Waals surface area contributed by atoms with Crippen LogP contribution in [0.15, 0.2) is 58.0 Å². The average molecular weight is 340 g/mol. The number of hydrogen-bond acceptors (Lipinski definition) is 3. The lowest BCUT2D eigenvalue weighted by atomic mass is 10.2. The van der Waals surface area contributed by atoms with Crippen molar-refractivity contribution in [2.75, 3.05) is 6.54 Å². The molecule has 1 aromatic heterocycles. The Labute approximate surface area is 148 Å². The van der Waals surface area contributed by atoms with Crippen molar-refractivity contribution in [2.45, 2.75) is 45.4 Å². The summed E-state index contributed by atoms with van der Waals surface area (Å²) in [5.41, 5.74) is 4.68. The van der Waals surface area contributed by atoms with E-state index in [-0.39, 0.29) is 0 Å². The monoisotopic (exact) mass is 339 g/mol. The minimum atomic E-state index is 0.652. The number of hydrogen-bond donors (Lipinski definition) is 0. The largest absolute Gasteiger partial charge is 0.253 e. The molecule has 0 N–H and O–H groups in total. The highest BCUT2D eigenvalue weighted by atomic mass is 32.1. The minimum absolute atomic E-state index is 0.652. The van der Waals surface area contributed by atoms with Gasteiger partial charge >= 0.3 is 0 Å². The summed E-state index contributed by atoms with van der Waals surface area (Å²) in [6.07, 6.45) is 7.37. The third-order valence-electron chi connectivity index (χ3n) is 4.16. The first kappa shape index (κ1) is 16.9. The Kier molecular flexibility index (Phi) is 5.81. The molecule has 1 saturated carbocycles. The van der Waals surface area contributed by atoms with Crippen LogP contribution in [0.4, 0.5) is 0 Å². The lowest BCUT2D eigenvalue weighted by molar-refractivity contribution is 0.702. The van der Waals surface area contributed by atoms with Crippen molar-refractivity contribution in [1.82, 2.24) is 4.68 Å². The first-order valence-electron chi connectivity index (χ1n) is 8.71. The van der Waals surface area contributed by atoms with Gasteiger partial charge in [0.2, 0.25) is 4.80 Å². The van der Waals surface area contributed by atoms with E-state index in [0.717, 1.165) is 28.9 Å². The van der Waals surface area contributed by atoms with Crippen LogP contribution >= 0.6 is 11.3 Å². The predicted molar refractivity (Wildman–Crippen MR) is 104 cm³/mol. The van der Waals surface area contributed by atoms with Crippen molar-refractivity contribution in [3.05, 3.63) is 52.7 Å². The summed E-state index contributed by atoms with van der Waals surface area (Å²) in [4.78, 5) is 5.67. The molecule has 4 heteroatoms. The molecule has 0 spiro atoms. The fourth-order valence-corrected chi connectivity index (χ4v) is 3.72. The Bertz CT molecular complexity index is 771. The number of rotatable bonds is 4. The van der Waals surface area contributed by atoms with Crippen molar-refractivity contribution in [3.63, 3.8) is 0 Å². The van der Waals surface area contributed by atoms with E-state index >= 15 is 0 Å². The van der Waals surface area contributed by atoms with Gasteiger partial charge in [-0.15, -0.1) is 11.3 Å². The Hall–Kier alpha value is -1.94. The van der Waals surface area contributed by atoms with Gasteiger partial charge in [0.15, 0.2) is 0 Å². The van der Waals surface area contributed by atoms with Crippen LogP contribution in [-0.4, -0.2) is 16.9 Å². The van der Waals surface area contributed by atoms with Crippen molar-refractivity contribution >= 4 is 17.0 Å². The second kappa shape index (κ2) is 8.25. The molecule has 0 amide bonds. The highest BCUT2D eigenvalue weighted by Crippen LogP contribution is 2.21. The Morgan fingerprint density at radius 1 is 1.12 bits per heavy atom. The number of thiazole rings is 1. The first-order chi connectivity index (χ1) is 11.7. The van der Waals surface area contributed by atoms with Crippen LogP contribution < -0.4 is 4.80 Å². The van der Waals surface area contributed by atoms with Gasteiger partial charge in [0.25, 0.3) is 0 Å². The number of benzene rings is 1.